The Morgan fingerprint density at radius 2 is 1.95 bits per heavy atom. The van der Waals surface area contributed by atoms with Crippen molar-refractivity contribution in [2.24, 2.45) is 0 Å². The van der Waals surface area contributed by atoms with Gasteiger partial charge >= 0.3 is 0 Å². The van der Waals surface area contributed by atoms with Crippen LogP contribution in [0, 0.1) is 0 Å². The van der Waals surface area contributed by atoms with E-state index in [4.69, 9.17) is 0 Å². The van der Waals surface area contributed by atoms with Crippen LogP contribution in [-0.2, 0) is 9.59 Å². The number of hydrogen-bond donors (Lipinski definition) is 2. The average Bonchev–Trinajstić information content (AvgIpc) is 2.45. The molecule has 0 aromatic heterocycles. The summed E-state index contributed by atoms with van der Waals surface area (Å²) in [5.74, 6) is -0.120. The molecule has 0 saturated carbocycles. The molecular weight excluding hydrogens is 242 g/mol. The number of carbonyl (C=O) groups excluding carboxylic acids is 2. The van der Waals surface area contributed by atoms with Crippen molar-refractivity contribution >= 4 is 11.8 Å². The third-order valence-electron chi connectivity index (χ3n) is 3.80. The van der Waals surface area contributed by atoms with E-state index in [0.29, 0.717) is 12.6 Å². The average molecular weight is 269 g/mol. The molecule has 2 N–H and O–H groups in total. The largest absolute Gasteiger partial charge is 0.359 e. The van der Waals surface area contributed by atoms with Crippen LogP contribution < -0.4 is 10.6 Å². The van der Waals surface area contributed by atoms with Crippen molar-refractivity contribution in [1.29, 1.82) is 0 Å². The van der Waals surface area contributed by atoms with Crippen LogP contribution in [0.1, 0.15) is 45.4 Å². The van der Waals surface area contributed by atoms with Gasteiger partial charge in [-0.15, -0.1) is 0 Å². The highest BCUT2D eigenvalue weighted by atomic mass is 16.2. The lowest BCUT2D eigenvalue weighted by atomic mass is 10.0. The maximum Gasteiger partial charge on any atom is 0.220 e. The van der Waals surface area contributed by atoms with Gasteiger partial charge in [-0.25, -0.2) is 0 Å². The Bertz CT molecular complexity index is 294. The number of nitrogens with one attached hydrogen (secondary N) is 2. The first-order valence-corrected chi connectivity index (χ1v) is 7.38. The number of hydrogen-bond acceptors (Lipinski definition) is 3. The smallest absolute Gasteiger partial charge is 0.220 e. The fourth-order valence-corrected chi connectivity index (χ4v) is 2.60. The molecule has 0 aromatic rings. The minimum atomic E-state index is -0.0859. The van der Waals surface area contributed by atoms with Gasteiger partial charge in [-0.2, -0.15) is 0 Å². The normalized spacial score (nSPS) is 20.0. The van der Waals surface area contributed by atoms with Crippen molar-refractivity contribution in [2.75, 3.05) is 26.7 Å². The van der Waals surface area contributed by atoms with Gasteiger partial charge in [0.2, 0.25) is 11.8 Å². The van der Waals surface area contributed by atoms with Gasteiger partial charge in [0.15, 0.2) is 0 Å². The molecule has 1 fully saturated rings. The number of nitrogens with zero attached hydrogens (tertiary/aromatic N) is 1. The van der Waals surface area contributed by atoms with E-state index in [0.717, 1.165) is 13.1 Å². The van der Waals surface area contributed by atoms with Crippen LogP contribution in [0.15, 0.2) is 0 Å². The molecule has 110 valence electrons. The third-order valence-corrected chi connectivity index (χ3v) is 3.80. The van der Waals surface area contributed by atoms with Crippen molar-refractivity contribution in [3.8, 4) is 0 Å². The van der Waals surface area contributed by atoms with E-state index >= 15 is 0 Å². The lowest BCUT2D eigenvalue weighted by Gasteiger charge is -2.35. The van der Waals surface area contributed by atoms with Gasteiger partial charge in [0.25, 0.3) is 0 Å². The number of piperidine rings is 1. The van der Waals surface area contributed by atoms with Gasteiger partial charge in [0.05, 0.1) is 0 Å². The van der Waals surface area contributed by atoms with Gasteiger partial charge < -0.3 is 10.6 Å². The molecule has 0 radical (unpaired) electrons. The van der Waals surface area contributed by atoms with Crippen LogP contribution in [0.5, 0.6) is 0 Å². The Morgan fingerprint density at radius 3 is 2.63 bits per heavy atom. The summed E-state index contributed by atoms with van der Waals surface area (Å²) < 4.78 is 0. The van der Waals surface area contributed by atoms with Crippen LogP contribution in [0.3, 0.4) is 0 Å². The zero-order chi connectivity index (χ0) is 14.1. The molecule has 1 rings (SSSR count). The Hall–Kier alpha value is -1.10. The first kappa shape index (κ1) is 16.0. The lowest BCUT2D eigenvalue weighted by molar-refractivity contribution is -0.126. The molecule has 1 heterocycles. The van der Waals surface area contributed by atoms with Crippen LogP contribution in [-0.4, -0.2) is 49.4 Å². The molecule has 5 nitrogen and oxygen atoms in total. The Labute approximate surface area is 116 Å². The summed E-state index contributed by atoms with van der Waals surface area (Å²) in [6.07, 6.45) is 5.60. The quantitative estimate of drug-likeness (QED) is 0.721. The first-order chi connectivity index (χ1) is 9.17. The topological polar surface area (TPSA) is 61.4 Å². The van der Waals surface area contributed by atoms with Gasteiger partial charge in [0, 0.05) is 39.0 Å². The van der Waals surface area contributed by atoms with Gasteiger partial charge in [-0.05, 0) is 25.8 Å². The van der Waals surface area contributed by atoms with Crippen molar-refractivity contribution in [1.82, 2.24) is 15.5 Å². The first-order valence-electron chi connectivity index (χ1n) is 7.38. The highest BCUT2D eigenvalue weighted by molar-refractivity contribution is 5.83. The molecule has 5 heteroatoms. The molecule has 1 atom stereocenters. The monoisotopic (exact) mass is 269 g/mol. The molecule has 0 spiro atoms. The highest BCUT2D eigenvalue weighted by Crippen LogP contribution is 2.18. The maximum atomic E-state index is 11.5. The molecule has 1 unspecified atom stereocenters. The van der Waals surface area contributed by atoms with Gasteiger partial charge in [0.1, 0.15) is 0 Å². The van der Waals surface area contributed by atoms with Crippen molar-refractivity contribution in [2.45, 2.75) is 51.5 Å². The second-order valence-electron chi connectivity index (χ2n) is 5.12. The molecule has 19 heavy (non-hydrogen) atoms. The number of carbonyl (C=O) groups is 2. The molecule has 0 aromatic carbocycles. The van der Waals surface area contributed by atoms with Crippen molar-refractivity contribution in [3.05, 3.63) is 0 Å². The molecular formula is C14H27N3O2. The molecule has 0 aliphatic carbocycles. The summed E-state index contributed by atoms with van der Waals surface area (Å²) in [7, 11) is 1.58. The van der Waals surface area contributed by atoms with E-state index in [1.165, 1.54) is 25.7 Å². The molecule has 0 bridgehead atoms. The zero-order valence-corrected chi connectivity index (χ0v) is 12.2. The predicted molar refractivity (Wildman–Crippen MR) is 75.8 cm³/mol. The van der Waals surface area contributed by atoms with Crippen LogP contribution >= 0.6 is 0 Å². The SMILES string of the molecule is CCC1CCCCN1CCNC(=O)CCC(=O)NC. The maximum absolute atomic E-state index is 11.5. The van der Waals surface area contributed by atoms with E-state index in [1.807, 2.05) is 0 Å². The minimum Gasteiger partial charge on any atom is -0.359 e. The number of rotatable bonds is 7. The molecule has 1 saturated heterocycles. The van der Waals surface area contributed by atoms with Gasteiger partial charge in [-0.1, -0.05) is 13.3 Å². The van der Waals surface area contributed by atoms with E-state index in [2.05, 4.69) is 22.5 Å². The second-order valence-corrected chi connectivity index (χ2v) is 5.12. The van der Waals surface area contributed by atoms with Crippen LogP contribution in [0.2, 0.25) is 0 Å². The van der Waals surface area contributed by atoms with E-state index in [-0.39, 0.29) is 24.7 Å². The number of amides is 2. The second kappa shape index (κ2) is 8.91. The Balaban J connectivity index is 2.14. The predicted octanol–water partition coefficient (Wildman–Crippen LogP) is 0.893. The van der Waals surface area contributed by atoms with Crippen molar-refractivity contribution < 1.29 is 9.59 Å². The van der Waals surface area contributed by atoms with Crippen LogP contribution in [0.4, 0.5) is 0 Å². The van der Waals surface area contributed by atoms with E-state index < -0.39 is 0 Å². The third kappa shape index (κ3) is 6.05. The summed E-state index contributed by atoms with van der Waals surface area (Å²) >= 11 is 0. The van der Waals surface area contributed by atoms with Crippen molar-refractivity contribution in [3.63, 3.8) is 0 Å². The fraction of sp³-hybridized carbons (Fsp3) is 0.857. The summed E-state index contributed by atoms with van der Waals surface area (Å²) in [4.78, 5) is 25.0. The molecule has 2 amide bonds. The minimum absolute atomic E-state index is 0.0337. The van der Waals surface area contributed by atoms with E-state index in [9.17, 15) is 9.59 Å². The summed E-state index contributed by atoms with van der Waals surface area (Å²) in [5.41, 5.74) is 0. The van der Waals surface area contributed by atoms with Crippen LogP contribution in [0.25, 0.3) is 0 Å². The summed E-state index contributed by atoms with van der Waals surface area (Å²) in [6.45, 7) is 4.98. The van der Waals surface area contributed by atoms with E-state index in [1.54, 1.807) is 7.05 Å². The molecule has 1 aliphatic heterocycles. The standard InChI is InChI=1S/C14H27N3O2/c1-3-12-6-4-5-10-17(12)11-9-16-14(19)8-7-13(18)15-2/h12H,3-11H2,1-2H3,(H,15,18)(H,16,19). The van der Waals surface area contributed by atoms with Gasteiger partial charge in [-0.3, -0.25) is 14.5 Å². The fourth-order valence-electron chi connectivity index (χ4n) is 2.60. The summed E-state index contributed by atoms with van der Waals surface area (Å²) in [6, 6.07) is 0.677. The number of likely N-dealkylation sites (tertiary alicyclic amines) is 1. The highest BCUT2D eigenvalue weighted by Gasteiger charge is 2.20. The zero-order valence-electron chi connectivity index (χ0n) is 12.2. The summed E-state index contributed by atoms with van der Waals surface area (Å²) in [5, 5.41) is 5.41. The molecule has 1 aliphatic rings. The Morgan fingerprint density at radius 1 is 1.21 bits per heavy atom. The lowest BCUT2D eigenvalue weighted by Crippen LogP contribution is -2.43. The Kier molecular flexibility index (Phi) is 7.48.